The molecule has 1 aromatic heterocycles. The highest BCUT2D eigenvalue weighted by Crippen LogP contribution is 2.35. The lowest BCUT2D eigenvalue weighted by Gasteiger charge is -2.48. The van der Waals surface area contributed by atoms with Crippen LogP contribution in [0.2, 0.25) is 0 Å². The molecule has 1 heterocycles. The maximum atomic E-state index is 6.14. The molecule has 1 aliphatic rings. The maximum absolute atomic E-state index is 6.14. The van der Waals surface area contributed by atoms with Gasteiger partial charge in [-0.05, 0) is 26.8 Å². The first-order valence-corrected chi connectivity index (χ1v) is 7.85. The Morgan fingerprint density at radius 1 is 1.58 bits per heavy atom. The van der Waals surface area contributed by atoms with Crippen LogP contribution in [0.3, 0.4) is 0 Å². The van der Waals surface area contributed by atoms with Gasteiger partial charge < -0.3 is 10.5 Å². The quantitative estimate of drug-likeness (QED) is 0.900. The van der Waals surface area contributed by atoms with Gasteiger partial charge in [-0.1, -0.05) is 12.8 Å². The second-order valence-corrected chi connectivity index (χ2v) is 6.43. The molecule has 2 atom stereocenters. The van der Waals surface area contributed by atoms with Gasteiger partial charge in [0.15, 0.2) is 0 Å². The largest absolute Gasteiger partial charge is 0.379 e. The Balaban J connectivity index is 2.17. The van der Waals surface area contributed by atoms with E-state index in [1.54, 1.807) is 11.3 Å². The summed E-state index contributed by atoms with van der Waals surface area (Å²) in [5.74, 6) is 0. The number of aryl methyl sites for hydroxylation is 1. The van der Waals surface area contributed by atoms with Gasteiger partial charge in [-0.2, -0.15) is 0 Å². The van der Waals surface area contributed by atoms with Gasteiger partial charge in [0.2, 0.25) is 0 Å². The Morgan fingerprint density at radius 3 is 2.95 bits per heavy atom. The van der Waals surface area contributed by atoms with Crippen molar-refractivity contribution in [3.8, 4) is 0 Å². The summed E-state index contributed by atoms with van der Waals surface area (Å²) >= 11 is 1.73. The van der Waals surface area contributed by atoms with Crippen molar-refractivity contribution in [3.05, 3.63) is 16.1 Å². The predicted molar refractivity (Wildman–Crippen MR) is 79.4 cm³/mol. The lowest BCUT2D eigenvalue weighted by atomic mass is 9.77. The summed E-state index contributed by atoms with van der Waals surface area (Å²) in [7, 11) is 3.98. The lowest BCUT2D eigenvalue weighted by Crippen LogP contribution is -2.61. The number of ether oxygens (including phenoxy) is 1. The van der Waals surface area contributed by atoms with Crippen LogP contribution in [-0.2, 0) is 11.3 Å². The Labute approximate surface area is 120 Å². The second kappa shape index (κ2) is 6.31. The summed E-state index contributed by atoms with van der Waals surface area (Å²) in [6.45, 7) is 3.64. The zero-order valence-corrected chi connectivity index (χ0v) is 13.0. The number of nitrogens with zero attached hydrogens (tertiary/aromatic N) is 2. The van der Waals surface area contributed by atoms with Crippen molar-refractivity contribution in [2.45, 2.75) is 50.8 Å². The van der Waals surface area contributed by atoms with Crippen molar-refractivity contribution in [3.63, 3.8) is 0 Å². The SMILES string of the molecule is COC1CCCCC1(CN)N(C)Cc1scnc1C. The first kappa shape index (κ1) is 14.9. The Morgan fingerprint density at radius 2 is 2.37 bits per heavy atom. The van der Waals surface area contributed by atoms with Crippen LogP contribution < -0.4 is 5.73 Å². The van der Waals surface area contributed by atoms with E-state index in [1.165, 1.54) is 17.7 Å². The van der Waals surface area contributed by atoms with Crippen molar-refractivity contribution >= 4 is 11.3 Å². The van der Waals surface area contributed by atoms with Crippen LogP contribution in [0.4, 0.5) is 0 Å². The molecule has 2 rings (SSSR count). The smallest absolute Gasteiger partial charge is 0.0798 e. The summed E-state index contributed by atoms with van der Waals surface area (Å²) in [6, 6.07) is 0. The number of methoxy groups -OCH3 is 1. The number of nitrogens with two attached hydrogens (primary N) is 1. The molecule has 0 aromatic carbocycles. The fourth-order valence-corrected chi connectivity index (χ4v) is 4.03. The van der Waals surface area contributed by atoms with E-state index in [2.05, 4.69) is 23.9 Å². The molecule has 1 fully saturated rings. The van der Waals surface area contributed by atoms with Gasteiger partial charge in [0.1, 0.15) is 0 Å². The van der Waals surface area contributed by atoms with Crippen LogP contribution in [-0.4, -0.2) is 42.2 Å². The van der Waals surface area contributed by atoms with Gasteiger partial charge in [-0.3, -0.25) is 4.90 Å². The number of likely N-dealkylation sites (N-methyl/N-ethyl adjacent to an activating group) is 1. The molecule has 0 spiro atoms. The Hall–Kier alpha value is -0.490. The van der Waals surface area contributed by atoms with E-state index in [-0.39, 0.29) is 11.6 Å². The highest BCUT2D eigenvalue weighted by atomic mass is 32.1. The zero-order valence-electron chi connectivity index (χ0n) is 12.2. The van der Waals surface area contributed by atoms with Crippen LogP contribution in [0.15, 0.2) is 5.51 Å². The van der Waals surface area contributed by atoms with Crippen LogP contribution >= 0.6 is 11.3 Å². The summed E-state index contributed by atoms with van der Waals surface area (Å²) in [5.41, 5.74) is 9.17. The molecule has 0 amide bonds. The molecule has 1 aliphatic carbocycles. The fraction of sp³-hybridized carbons (Fsp3) is 0.786. The van der Waals surface area contributed by atoms with Crippen LogP contribution in [0, 0.1) is 6.92 Å². The molecule has 5 heteroatoms. The average molecular weight is 283 g/mol. The molecule has 19 heavy (non-hydrogen) atoms. The highest BCUT2D eigenvalue weighted by Gasteiger charge is 2.43. The minimum atomic E-state index is -0.0244. The average Bonchev–Trinajstić information content (AvgIpc) is 2.83. The van der Waals surface area contributed by atoms with Crippen molar-refractivity contribution < 1.29 is 4.74 Å². The van der Waals surface area contributed by atoms with Crippen LogP contribution in [0.1, 0.15) is 36.3 Å². The molecule has 1 saturated carbocycles. The number of hydrogen-bond donors (Lipinski definition) is 1. The number of hydrogen-bond acceptors (Lipinski definition) is 5. The molecule has 0 saturated heterocycles. The third kappa shape index (κ3) is 2.84. The topological polar surface area (TPSA) is 51.4 Å². The molecule has 2 N–H and O–H groups in total. The zero-order chi connectivity index (χ0) is 13.9. The second-order valence-electron chi connectivity index (χ2n) is 5.49. The fourth-order valence-electron chi connectivity index (χ4n) is 3.20. The molecule has 4 nitrogen and oxygen atoms in total. The first-order chi connectivity index (χ1) is 9.14. The molecular weight excluding hydrogens is 258 g/mol. The van der Waals surface area contributed by atoms with Crippen molar-refractivity contribution in [2.24, 2.45) is 5.73 Å². The van der Waals surface area contributed by atoms with E-state index in [0.29, 0.717) is 6.54 Å². The van der Waals surface area contributed by atoms with Gasteiger partial charge in [0.25, 0.3) is 0 Å². The maximum Gasteiger partial charge on any atom is 0.0798 e. The van der Waals surface area contributed by atoms with Gasteiger partial charge in [0.05, 0.1) is 22.8 Å². The minimum Gasteiger partial charge on any atom is -0.379 e. The molecule has 0 bridgehead atoms. The van der Waals surface area contributed by atoms with Crippen molar-refractivity contribution in [1.29, 1.82) is 0 Å². The summed E-state index contributed by atoms with van der Waals surface area (Å²) in [6.07, 6.45) is 4.96. The lowest BCUT2D eigenvalue weighted by molar-refractivity contribution is -0.0685. The molecule has 1 aromatic rings. The van der Waals surface area contributed by atoms with Gasteiger partial charge in [-0.15, -0.1) is 11.3 Å². The summed E-state index contributed by atoms with van der Waals surface area (Å²) in [5, 5.41) is 0. The minimum absolute atomic E-state index is 0.0244. The normalized spacial score (nSPS) is 27.9. The summed E-state index contributed by atoms with van der Waals surface area (Å²) < 4.78 is 5.73. The molecule has 0 radical (unpaired) electrons. The van der Waals surface area contributed by atoms with Gasteiger partial charge in [-0.25, -0.2) is 4.98 Å². The molecule has 2 unspecified atom stereocenters. The standard InChI is InChI=1S/C14H25N3OS/c1-11-12(19-10-16-11)8-17(2)14(9-15)7-5-4-6-13(14)18-3/h10,13H,4-9,15H2,1-3H3. The van der Waals surface area contributed by atoms with E-state index < -0.39 is 0 Å². The van der Waals surface area contributed by atoms with Crippen molar-refractivity contribution in [2.75, 3.05) is 20.7 Å². The van der Waals surface area contributed by atoms with E-state index in [4.69, 9.17) is 10.5 Å². The molecule has 108 valence electrons. The monoisotopic (exact) mass is 283 g/mol. The van der Waals surface area contributed by atoms with Crippen LogP contribution in [0.5, 0.6) is 0 Å². The Kier molecular flexibility index (Phi) is 4.95. The summed E-state index contributed by atoms with van der Waals surface area (Å²) in [4.78, 5) is 8.05. The third-order valence-electron chi connectivity index (χ3n) is 4.55. The molecule has 0 aliphatic heterocycles. The first-order valence-electron chi connectivity index (χ1n) is 6.97. The van der Waals surface area contributed by atoms with Gasteiger partial charge in [0, 0.05) is 25.1 Å². The number of aromatic nitrogens is 1. The Bertz CT molecular complexity index is 409. The van der Waals surface area contributed by atoms with Crippen LogP contribution in [0.25, 0.3) is 0 Å². The third-order valence-corrected chi connectivity index (χ3v) is 5.47. The van der Waals surface area contributed by atoms with Gasteiger partial charge >= 0.3 is 0 Å². The predicted octanol–water partition coefficient (Wildman–Crippen LogP) is 2.17. The number of thiazole rings is 1. The molecular formula is C14H25N3OS. The van der Waals surface area contributed by atoms with E-state index in [0.717, 1.165) is 25.1 Å². The van der Waals surface area contributed by atoms with E-state index >= 15 is 0 Å². The van der Waals surface area contributed by atoms with E-state index in [9.17, 15) is 0 Å². The van der Waals surface area contributed by atoms with E-state index in [1.807, 2.05) is 12.6 Å². The number of rotatable bonds is 5. The van der Waals surface area contributed by atoms with Crippen molar-refractivity contribution in [1.82, 2.24) is 9.88 Å². The highest BCUT2D eigenvalue weighted by molar-refractivity contribution is 7.09.